The molecule has 0 saturated heterocycles. The van der Waals surface area contributed by atoms with E-state index in [0.29, 0.717) is 39.7 Å². The molecule has 4 aromatic rings. The molecule has 3 heterocycles. The van der Waals surface area contributed by atoms with Gasteiger partial charge in [-0.05, 0) is 43.5 Å². The molecule has 0 aliphatic heterocycles. The average molecular weight is 460 g/mol. The first-order valence-electron chi connectivity index (χ1n) is 11.0. The molecule has 1 aliphatic rings. The highest BCUT2D eigenvalue weighted by molar-refractivity contribution is 5.99. The first-order valence-corrected chi connectivity index (χ1v) is 11.0. The van der Waals surface area contributed by atoms with E-state index in [1.54, 1.807) is 60.3 Å². The van der Waals surface area contributed by atoms with E-state index in [-0.39, 0.29) is 17.5 Å². The standard InChI is InChI=1S/C24H25N7O3/c1-4-20(32)26-15-7-5-10-17(11-15)30-13-18(27-19-12-29(2)28-23(19)34-3)21-22(24(30)33)31(14-25-21)16-8-6-9-16/h4-5,7,10-14,16,27H,1,6,8-9H2,2-3H3,(H,26,32). The Balaban J connectivity index is 1.68. The summed E-state index contributed by atoms with van der Waals surface area (Å²) < 4.78 is 10.6. The highest BCUT2D eigenvalue weighted by atomic mass is 16.5. The number of fused-ring (bicyclic) bond motifs is 1. The summed E-state index contributed by atoms with van der Waals surface area (Å²) in [6.07, 6.45) is 9.62. The first-order chi connectivity index (χ1) is 16.5. The van der Waals surface area contributed by atoms with Crippen molar-refractivity contribution in [3.05, 3.63) is 66.0 Å². The second-order valence-corrected chi connectivity index (χ2v) is 8.25. The van der Waals surface area contributed by atoms with Gasteiger partial charge in [0.1, 0.15) is 16.7 Å². The van der Waals surface area contributed by atoms with Crippen LogP contribution in [0.5, 0.6) is 5.88 Å². The van der Waals surface area contributed by atoms with Crippen LogP contribution in [0.25, 0.3) is 16.7 Å². The maximum atomic E-state index is 13.7. The molecule has 34 heavy (non-hydrogen) atoms. The van der Waals surface area contributed by atoms with Gasteiger partial charge in [-0.15, -0.1) is 5.10 Å². The van der Waals surface area contributed by atoms with Crippen LogP contribution in [0, 0.1) is 0 Å². The monoisotopic (exact) mass is 459 g/mol. The highest BCUT2D eigenvalue weighted by Crippen LogP contribution is 2.35. The van der Waals surface area contributed by atoms with Crippen LogP contribution >= 0.6 is 0 Å². The quantitative estimate of drug-likeness (QED) is 0.410. The Morgan fingerprint density at radius 1 is 1.26 bits per heavy atom. The Morgan fingerprint density at radius 3 is 2.79 bits per heavy atom. The predicted octanol–water partition coefficient (Wildman–Crippen LogP) is 3.52. The first kappa shape index (κ1) is 21.5. The molecule has 10 nitrogen and oxygen atoms in total. The number of amides is 1. The van der Waals surface area contributed by atoms with Gasteiger partial charge in [-0.25, -0.2) is 4.98 Å². The van der Waals surface area contributed by atoms with E-state index in [9.17, 15) is 9.59 Å². The minimum absolute atomic E-state index is 0.185. The van der Waals surface area contributed by atoms with E-state index in [2.05, 4.69) is 27.3 Å². The largest absolute Gasteiger partial charge is 0.478 e. The Morgan fingerprint density at radius 2 is 2.09 bits per heavy atom. The van der Waals surface area contributed by atoms with E-state index in [1.165, 1.54) is 6.08 Å². The molecule has 0 bridgehead atoms. The van der Waals surface area contributed by atoms with E-state index in [1.807, 2.05) is 10.6 Å². The van der Waals surface area contributed by atoms with Gasteiger partial charge in [0.15, 0.2) is 0 Å². The van der Waals surface area contributed by atoms with Crippen LogP contribution in [0.4, 0.5) is 17.1 Å². The second kappa shape index (κ2) is 8.54. The molecule has 0 unspecified atom stereocenters. The van der Waals surface area contributed by atoms with Crippen molar-refractivity contribution < 1.29 is 9.53 Å². The molecular weight excluding hydrogens is 434 g/mol. The summed E-state index contributed by atoms with van der Waals surface area (Å²) >= 11 is 0. The summed E-state index contributed by atoms with van der Waals surface area (Å²) in [6.45, 7) is 3.48. The molecular formula is C24H25N7O3. The number of aryl methyl sites for hydroxylation is 1. The van der Waals surface area contributed by atoms with Crippen LogP contribution < -0.4 is 20.9 Å². The summed E-state index contributed by atoms with van der Waals surface area (Å²) in [5, 5.41) is 10.4. The number of benzene rings is 1. The van der Waals surface area contributed by atoms with Crippen LogP contribution in [0.15, 0.2) is 60.4 Å². The Hall–Kier alpha value is -4.34. The van der Waals surface area contributed by atoms with E-state index in [4.69, 9.17) is 4.74 Å². The minimum atomic E-state index is -0.325. The number of nitrogens with zero attached hydrogens (tertiary/aromatic N) is 5. The molecule has 174 valence electrons. The van der Waals surface area contributed by atoms with Crippen molar-refractivity contribution >= 4 is 34.0 Å². The molecule has 2 N–H and O–H groups in total. The third kappa shape index (κ3) is 3.72. The van der Waals surface area contributed by atoms with Crippen molar-refractivity contribution in [2.24, 2.45) is 7.05 Å². The van der Waals surface area contributed by atoms with Gasteiger partial charge in [-0.1, -0.05) is 12.6 Å². The Labute approximate surface area is 195 Å². The number of aromatic nitrogens is 5. The van der Waals surface area contributed by atoms with Gasteiger partial charge in [0.05, 0.1) is 31.0 Å². The SMILES string of the molecule is C=CC(=O)Nc1cccc(-n2cc(Nc3cn(C)nc3OC)c3ncn(C4CCC4)c3c2=O)c1. The molecule has 1 aromatic carbocycles. The zero-order valence-corrected chi connectivity index (χ0v) is 19.0. The Bertz CT molecular complexity index is 1460. The average Bonchev–Trinajstić information content (AvgIpc) is 3.38. The fraction of sp³-hybridized carbons (Fsp3) is 0.250. The molecule has 10 heteroatoms. The van der Waals surface area contributed by atoms with Crippen LogP contribution in [0.3, 0.4) is 0 Å². The smallest absolute Gasteiger partial charge is 0.281 e. The number of carbonyl (C=O) groups is 1. The normalized spacial score (nSPS) is 13.5. The van der Waals surface area contributed by atoms with Gasteiger partial charge in [0.2, 0.25) is 5.91 Å². The van der Waals surface area contributed by atoms with Gasteiger partial charge < -0.3 is 19.9 Å². The number of pyridine rings is 1. The second-order valence-electron chi connectivity index (χ2n) is 8.25. The maximum absolute atomic E-state index is 13.7. The molecule has 3 aromatic heterocycles. The van der Waals surface area contributed by atoms with E-state index >= 15 is 0 Å². The van der Waals surface area contributed by atoms with E-state index in [0.717, 1.165) is 19.3 Å². The summed E-state index contributed by atoms with van der Waals surface area (Å²) in [5.74, 6) is 0.106. The number of carbonyl (C=O) groups excluding carboxylic acids is 1. The molecule has 0 radical (unpaired) electrons. The Kier molecular flexibility index (Phi) is 5.40. The van der Waals surface area contributed by atoms with Crippen molar-refractivity contribution in [3.8, 4) is 11.6 Å². The third-order valence-corrected chi connectivity index (χ3v) is 6.03. The number of hydrogen-bond donors (Lipinski definition) is 2. The number of imidazole rings is 1. The van der Waals surface area contributed by atoms with E-state index < -0.39 is 0 Å². The minimum Gasteiger partial charge on any atom is -0.478 e. The lowest BCUT2D eigenvalue weighted by Crippen LogP contribution is -2.24. The fourth-order valence-corrected chi connectivity index (χ4v) is 4.13. The maximum Gasteiger partial charge on any atom is 0.281 e. The summed E-state index contributed by atoms with van der Waals surface area (Å²) in [7, 11) is 3.36. The lowest BCUT2D eigenvalue weighted by atomic mass is 9.93. The van der Waals surface area contributed by atoms with Crippen molar-refractivity contribution in [1.29, 1.82) is 0 Å². The fourth-order valence-electron chi connectivity index (χ4n) is 4.13. The summed E-state index contributed by atoms with van der Waals surface area (Å²) in [4.78, 5) is 30.1. The van der Waals surface area contributed by atoms with Crippen molar-refractivity contribution in [2.45, 2.75) is 25.3 Å². The van der Waals surface area contributed by atoms with Gasteiger partial charge in [0, 0.05) is 25.0 Å². The molecule has 0 atom stereocenters. The molecule has 5 rings (SSSR count). The molecule has 1 fully saturated rings. The number of rotatable bonds is 7. The number of hydrogen-bond acceptors (Lipinski definition) is 6. The summed E-state index contributed by atoms with van der Waals surface area (Å²) in [5.41, 5.74) is 3.38. The topological polar surface area (TPSA) is 108 Å². The summed E-state index contributed by atoms with van der Waals surface area (Å²) in [6, 6.07) is 7.35. The number of ether oxygens (including phenoxy) is 1. The number of nitrogens with one attached hydrogen (secondary N) is 2. The lowest BCUT2D eigenvalue weighted by molar-refractivity contribution is -0.111. The lowest BCUT2D eigenvalue weighted by Gasteiger charge is -2.27. The van der Waals surface area contributed by atoms with Gasteiger partial charge in [-0.2, -0.15) is 0 Å². The van der Waals surface area contributed by atoms with Crippen molar-refractivity contribution in [1.82, 2.24) is 23.9 Å². The van der Waals surface area contributed by atoms with Crippen LogP contribution in [0.2, 0.25) is 0 Å². The molecule has 1 amide bonds. The number of anilines is 3. The third-order valence-electron chi connectivity index (χ3n) is 6.03. The van der Waals surface area contributed by atoms with Crippen LogP contribution in [-0.2, 0) is 11.8 Å². The number of methoxy groups -OCH3 is 1. The zero-order chi connectivity index (χ0) is 23.8. The van der Waals surface area contributed by atoms with Gasteiger partial charge >= 0.3 is 0 Å². The van der Waals surface area contributed by atoms with Crippen molar-refractivity contribution in [2.75, 3.05) is 17.7 Å². The molecule has 1 aliphatic carbocycles. The van der Waals surface area contributed by atoms with Gasteiger partial charge in [0.25, 0.3) is 11.4 Å². The zero-order valence-electron chi connectivity index (χ0n) is 19.0. The van der Waals surface area contributed by atoms with Crippen molar-refractivity contribution in [3.63, 3.8) is 0 Å². The predicted molar refractivity (Wildman–Crippen MR) is 130 cm³/mol. The highest BCUT2D eigenvalue weighted by Gasteiger charge is 2.25. The van der Waals surface area contributed by atoms with Crippen LogP contribution in [0.1, 0.15) is 25.3 Å². The van der Waals surface area contributed by atoms with Gasteiger partial charge in [-0.3, -0.25) is 18.8 Å². The molecule has 1 saturated carbocycles. The molecule has 0 spiro atoms. The van der Waals surface area contributed by atoms with Crippen LogP contribution in [-0.4, -0.2) is 36.9 Å².